The Hall–Kier alpha value is -2.57. The van der Waals surface area contributed by atoms with Gasteiger partial charge >= 0.3 is 18.3 Å². The van der Waals surface area contributed by atoms with Gasteiger partial charge in [0.2, 0.25) is 5.88 Å². The van der Waals surface area contributed by atoms with Crippen LogP contribution in [0, 0.1) is 0 Å². The zero-order valence-corrected chi connectivity index (χ0v) is 15.9. The number of carboxylic acid groups (broad SMARTS) is 1. The zero-order chi connectivity index (χ0) is 22.9. The van der Waals surface area contributed by atoms with Crippen molar-refractivity contribution >= 4 is 17.6 Å². The molecule has 3 rings (SSSR count). The van der Waals surface area contributed by atoms with E-state index in [2.05, 4.69) is 10.3 Å². The fourth-order valence-electron chi connectivity index (χ4n) is 2.96. The number of alkyl halides is 6. The number of piperidine rings is 1. The zero-order valence-electron chi connectivity index (χ0n) is 15.9. The molecule has 1 amide bonds. The summed E-state index contributed by atoms with van der Waals surface area (Å²) in [5.41, 5.74) is -1.92. The fraction of sp³-hybridized carbons (Fsp3) is 0.588. The van der Waals surface area contributed by atoms with E-state index in [1.165, 1.54) is 4.90 Å². The van der Waals surface area contributed by atoms with Crippen molar-refractivity contribution in [3.63, 3.8) is 0 Å². The summed E-state index contributed by atoms with van der Waals surface area (Å²) in [5.74, 6) is -3.02. The molecule has 13 heteroatoms. The first-order valence-electron chi connectivity index (χ1n) is 8.75. The van der Waals surface area contributed by atoms with Crippen LogP contribution in [0.4, 0.5) is 32.0 Å². The third kappa shape index (κ3) is 5.32. The highest BCUT2D eigenvalue weighted by molar-refractivity contribution is 6.02. The SMILES string of the molecule is CC1(C)Oc2ncc(C(F)(F)F)cc2N(C2CCNCC2)C1=O.O=C(O)C(F)(F)F. The Morgan fingerprint density at radius 1 is 1.23 bits per heavy atom. The number of nitrogens with one attached hydrogen (secondary N) is 1. The number of amides is 1. The number of anilines is 1. The Labute approximate surface area is 167 Å². The quantitative estimate of drug-likeness (QED) is 0.649. The highest BCUT2D eigenvalue weighted by Gasteiger charge is 2.45. The topological polar surface area (TPSA) is 91.8 Å². The van der Waals surface area contributed by atoms with Gasteiger partial charge in [-0.25, -0.2) is 9.78 Å². The summed E-state index contributed by atoms with van der Waals surface area (Å²) in [7, 11) is 0. The van der Waals surface area contributed by atoms with Crippen molar-refractivity contribution in [1.29, 1.82) is 0 Å². The van der Waals surface area contributed by atoms with Gasteiger partial charge in [0, 0.05) is 12.2 Å². The number of aliphatic carboxylic acids is 1. The van der Waals surface area contributed by atoms with Crippen LogP contribution in [0.1, 0.15) is 32.3 Å². The molecule has 0 aliphatic carbocycles. The Morgan fingerprint density at radius 2 is 1.77 bits per heavy atom. The highest BCUT2D eigenvalue weighted by Crippen LogP contribution is 2.41. The van der Waals surface area contributed by atoms with Gasteiger partial charge in [0.25, 0.3) is 5.91 Å². The summed E-state index contributed by atoms with van der Waals surface area (Å²) in [5, 5.41) is 10.3. The number of ether oxygens (including phenoxy) is 1. The smallest absolute Gasteiger partial charge is 0.475 e. The molecule has 30 heavy (non-hydrogen) atoms. The Bertz CT molecular complexity index is 804. The van der Waals surface area contributed by atoms with Crippen LogP contribution >= 0.6 is 0 Å². The first-order chi connectivity index (χ1) is 13.6. The normalized spacial score (nSPS) is 19.3. The lowest BCUT2D eigenvalue weighted by Crippen LogP contribution is -2.58. The van der Waals surface area contributed by atoms with Crippen molar-refractivity contribution in [3.8, 4) is 5.88 Å². The van der Waals surface area contributed by atoms with Crippen LogP contribution in [-0.4, -0.2) is 52.9 Å². The minimum Gasteiger partial charge on any atom is -0.475 e. The van der Waals surface area contributed by atoms with Crippen molar-refractivity contribution in [2.24, 2.45) is 0 Å². The first kappa shape index (κ1) is 23.7. The summed E-state index contributed by atoms with van der Waals surface area (Å²) < 4.78 is 76.2. The molecule has 0 bridgehead atoms. The van der Waals surface area contributed by atoms with Crippen molar-refractivity contribution in [2.45, 2.75) is 50.7 Å². The lowest BCUT2D eigenvalue weighted by molar-refractivity contribution is -0.192. The lowest BCUT2D eigenvalue weighted by atomic mass is 9.98. The van der Waals surface area contributed by atoms with E-state index >= 15 is 0 Å². The molecule has 1 fully saturated rings. The molecule has 2 aliphatic heterocycles. The number of carbonyl (C=O) groups excluding carboxylic acids is 1. The molecule has 0 aromatic carbocycles. The van der Waals surface area contributed by atoms with Crippen LogP contribution < -0.4 is 15.0 Å². The molecule has 0 unspecified atom stereocenters. The standard InChI is InChI=1S/C15H18F3N3O2.C2HF3O2/c1-14(2)13(22)21(10-3-5-19-6-4-10)11-7-9(15(16,17)18)8-20-12(11)23-14;3-2(4,5)1(6)7/h7-8,10,19H,3-6H2,1-2H3;(H,6,7). The second-order valence-corrected chi connectivity index (χ2v) is 7.12. The number of pyridine rings is 1. The average molecular weight is 443 g/mol. The van der Waals surface area contributed by atoms with Crippen LogP contribution in [0.3, 0.4) is 0 Å². The van der Waals surface area contributed by atoms with Crippen LogP contribution in [-0.2, 0) is 15.8 Å². The van der Waals surface area contributed by atoms with Gasteiger partial charge in [0.15, 0.2) is 5.60 Å². The predicted molar refractivity (Wildman–Crippen MR) is 91.0 cm³/mol. The largest absolute Gasteiger partial charge is 0.490 e. The van der Waals surface area contributed by atoms with Crippen LogP contribution in [0.25, 0.3) is 0 Å². The molecule has 3 heterocycles. The number of halogens is 6. The predicted octanol–water partition coefficient (Wildman–Crippen LogP) is 2.99. The molecule has 0 spiro atoms. The van der Waals surface area contributed by atoms with Crippen LogP contribution in [0.5, 0.6) is 5.88 Å². The second kappa shape index (κ2) is 8.28. The Morgan fingerprint density at radius 3 is 2.23 bits per heavy atom. The number of carboxylic acids is 1. The van der Waals surface area contributed by atoms with Crippen molar-refractivity contribution in [3.05, 3.63) is 17.8 Å². The monoisotopic (exact) mass is 443 g/mol. The van der Waals surface area contributed by atoms with E-state index in [0.717, 1.165) is 25.4 Å². The average Bonchev–Trinajstić information content (AvgIpc) is 2.62. The number of aromatic nitrogens is 1. The van der Waals surface area contributed by atoms with Crippen LogP contribution in [0.15, 0.2) is 12.3 Å². The van der Waals surface area contributed by atoms with E-state index in [1.807, 2.05) is 0 Å². The van der Waals surface area contributed by atoms with E-state index in [4.69, 9.17) is 14.6 Å². The van der Waals surface area contributed by atoms with E-state index in [9.17, 15) is 31.1 Å². The van der Waals surface area contributed by atoms with Crippen molar-refractivity contribution in [2.75, 3.05) is 18.0 Å². The molecule has 1 aromatic heterocycles. The molecular weight excluding hydrogens is 424 g/mol. The molecule has 2 aliphatic rings. The van der Waals surface area contributed by atoms with E-state index in [0.29, 0.717) is 12.8 Å². The highest BCUT2D eigenvalue weighted by atomic mass is 19.4. The maximum atomic E-state index is 13.0. The van der Waals surface area contributed by atoms with Gasteiger partial charge in [-0.1, -0.05) is 0 Å². The van der Waals surface area contributed by atoms with Gasteiger partial charge in [-0.15, -0.1) is 0 Å². The molecule has 1 saturated heterocycles. The summed E-state index contributed by atoms with van der Waals surface area (Å²) >= 11 is 0. The van der Waals surface area contributed by atoms with Gasteiger partial charge in [-0.2, -0.15) is 26.3 Å². The van der Waals surface area contributed by atoms with E-state index in [1.54, 1.807) is 13.8 Å². The molecule has 1 aromatic rings. The molecule has 0 saturated carbocycles. The molecule has 168 valence electrons. The molecule has 0 radical (unpaired) electrons. The molecule has 7 nitrogen and oxygen atoms in total. The number of nitrogens with zero attached hydrogens (tertiary/aromatic N) is 2. The Kier molecular flexibility index (Phi) is 6.54. The molecule has 0 atom stereocenters. The van der Waals surface area contributed by atoms with Gasteiger partial charge in [0.05, 0.1) is 5.56 Å². The third-order valence-electron chi connectivity index (χ3n) is 4.42. The summed E-state index contributed by atoms with van der Waals surface area (Å²) in [6.07, 6.45) is -7.50. The minimum atomic E-state index is -5.08. The lowest BCUT2D eigenvalue weighted by Gasteiger charge is -2.43. The van der Waals surface area contributed by atoms with Gasteiger partial charge in [-0.05, 0) is 45.8 Å². The van der Waals surface area contributed by atoms with Crippen molar-refractivity contribution < 1.29 is 45.8 Å². The summed E-state index contributed by atoms with van der Waals surface area (Å²) in [6, 6.07) is 0.799. The van der Waals surface area contributed by atoms with Crippen LogP contribution in [0.2, 0.25) is 0 Å². The summed E-state index contributed by atoms with van der Waals surface area (Å²) in [4.78, 5) is 26.9. The van der Waals surface area contributed by atoms with Gasteiger partial charge < -0.3 is 20.1 Å². The number of hydrogen-bond donors (Lipinski definition) is 2. The summed E-state index contributed by atoms with van der Waals surface area (Å²) in [6.45, 7) is 4.65. The molecule has 2 N–H and O–H groups in total. The molecular formula is C17H19F6N3O4. The first-order valence-corrected chi connectivity index (χ1v) is 8.75. The minimum absolute atomic E-state index is 0.0705. The third-order valence-corrected chi connectivity index (χ3v) is 4.42. The maximum absolute atomic E-state index is 13.0. The fourth-order valence-corrected chi connectivity index (χ4v) is 2.96. The number of fused-ring (bicyclic) bond motifs is 1. The van der Waals surface area contributed by atoms with E-state index < -0.39 is 29.5 Å². The van der Waals surface area contributed by atoms with Gasteiger partial charge in [0.1, 0.15) is 5.69 Å². The van der Waals surface area contributed by atoms with E-state index in [-0.39, 0.29) is 23.5 Å². The number of rotatable bonds is 1. The number of carbonyl (C=O) groups is 2. The Balaban J connectivity index is 0.000000396. The van der Waals surface area contributed by atoms with Crippen molar-refractivity contribution in [1.82, 2.24) is 10.3 Å². The number of hydrogen-bond acceptors (Lipinski definition) is 5. The second-order valence-electron chi connectivity index (χ2n) is 7.12. The van der Waals surface area contributed by atoms with Gasteiger partial charge in [-0.3, -0.25) is 4.79 Å². The maximum Gasteiger partial charge on any atom is 0.490 e.